The summed E-state index contributed by atoms with van der Waals surface area (Å²) in [6.45, 7) is 1.73. The van der Waals surface area contributed by atoms with Gasteiger partial charge in [0.25, 0.3) is 0 Å². The minimum absolute atomic E-state index is 0.126. The number of carbonyl (C=O) groups is 2. The topological polar surface area (TPSA) is 103 Å². The van der Waals surface area contributed by atoms with E-state index in [1.807, 2.05) is 42.5 Å². The summed E-state index contributed by atoms with van der Waals surface area (Å²) in [7, 11) is 0. The zero-order valence-electron chi connectivity index (χ0n) is 18.1. The average Bonchev–Trinajstić information content (AvgIpc) is 2.83. The number of hydrogen-bond acceptors (Lipinski definition) is 5. The molecule has 0 radical (unpaired) electrons. The molecule has 1 aliphatic rings. The molecule has 0 unspecified atom stereocenters. The first-order valence-electron chi connectivity index (χ1n) is 10.8. The highest BCUT2D eigenvalue weighted by Gasteiger charge is 2.12. The van der Waals surface area contributed by atoms with Crippen molar-refractivity contribution in [2.75, 3.05) is 17.2 Å². The molecule has 1 heterocycles. The summed E-state index contributed by atoms with van der Waals surface area (Å²) in [6, 6.07) is 21.8. The first-order valence-corrected chi connectivity index (χ1v) is 10.8. The standard InChI is InChI=1S/C26H24N4O3/c27-16-19-4-8-22(9-5-19)29-25(31)11-6-18-2-1-3-23(14-18)30-26(32)33-24-10-7-20-12-13-28-17-21(20)15-24/h1-5,7-10,14-15,28H,6,11-13,17H2,(H,29,31)(H,30,32). The number of anilines is 2. The smallest absolute Gasteiger partial charge is 0.410 e. The van der Waals surface area contributed by atoms with E-state index in [0.29, 0.717) is 29.1 Å². The van der Waals surface area contributed by atoms with Gasteiger partial charge in [-0.15, -0.1) is 0 Å². The molecule has 7 nitrogen and oxygen atoms in total. The number of ether oxygens (including phenoxy) is 1. The van der Waals surface area contributed by atoms with Gasteiger partial charge in [0.2, 0.25) is 5.91 Å². The molecular formula is C26H24N4O3. The van der Waals surface area contributed by atoms with Crippen molar-refractivity contribution in [3.63, 3.8) is 0 Å². The van der Waals surface area contributed by atoms with Crippen molar-refractivity contribution in [3.8, 4) is 11.8 Å². The van der Waals surface area contributed by atoms with Gasteiger partial charge in [0.1, 0.15) is 5.75 Å². The molecule has 2 amide bonds. The number of hydrogen-bond donors (Lipinski definition) is 3. The predicted molar refractivity (Wildman–Crippen MR) is 126 cm³/mol. The Balaban J connectivity index is 1.28. The third-order valence-corrected chi connectivity index (χ3v) is 5.39. The van der Waals surface area contributed by atoms with Crippen molar-refractivity contribution in [2.45, 2.75) is 25.8 Å². The number of benzene rings is 3. The van der Waals surface area contributed by atoms with Crippen molar-refractivity contribution in [3.05, 3.63) is 89.0 Å². The lowest BCUT2D eigenvalue weighted by molar-refractivity contribution is -0.116. The van der Waals surface area contributed by atoms with Crippen molar-refractivity contribution < 1.29 is 14.3 Å². The number of carbonyl (C=O) groups excluding carboxylic acids is 2. The van der Waals surface area contributed by atoms with Gasteiger partial charge in [-0.1, -0.05) is 18.2 Å². The second kappa shape index (κ2) is 10.4. The van der Waals surface area contributed by atoms with Crippen LogP contribution in [0.3, 0.4) is 0 Å². The van der Waals surface area contributed by atoms with E-state index in [0.717, 1.165) is 30.6 Å². The summed E-state index contributed by atoms with van der Waals surface area (Å²) in [6.07, 6.45) is 1.22. The molecule has 3 N–H and O–H groups in total. The van der Waals surface area contributed by atoms with Crippen LogP contribution in [0.25, 0.3) is 0 Å². The molecule has 1 aliphatic heterocycles. The first-order chi connectivity index (χ1) is 16.1. The fourth-order valence-electron chi connectivity index (χ4n) is 3.68. The lowest BCUT2D eigenvalue weighted by atomic mass is 10.0. The highest BCUT2D eigenvalue weighted by molar-refractivity contribution is 5.91. The van der Waals surface area contributed by atoms with E-state index in [4.69, 9.17) is 10.00 Å². The van der Waals surface area contributed by atoms with Crippen LogP contribution in [0.15, 0.2) is 66.7 Å². The summed E-state index contributed by atoms with van der Waals surface area (Å²) in [5, 5.41) is 17.7. The van der Waals surface area contributed by atoms with Crippen LogP contribution in [0.2, 0.25) is 0 Å². The maximum Gasteiger partial charge on any atom is 0.417 e. The van der Waals surface area contributed by atoms with E-state index in [1.165, 1.54) is 5.56 Å². The number of rotatable bonds is 6. The van der Waals surface area contributed by atoms with Crippen molar-refractivity contribution in [1.82, 2.24) is 5.32 Å². The Morgan fingerprint density at radius 1 is 0.970 bits per heavy atom. The van der Waals surface area contributed by atoms with Gasteiger partial charge in [0.05, 0.1) is 11.6 Å². The lowest BCUT2D eigenvalue weighted by Gasteiger charge is -2.17. The number of amides is 2. The lowest BCUT2D eigenvalue weighted by Crippen LogP contribution is -2.23. The van der Waals surface area contributed by atoms with Crippen molar-refractivity contribution in [2.24, 2.45) is 0 Å². The van der Waals surface area contributed by atoms with Gasteiger partial charge in [0.15, 0.2) is 0 Å². The largest absolute Gasteiger partial charge is 0.417 e. The Kier molecular flexibility index (Phi) is 6.98. The van der Waals surface area contributed by atoms with Crippen molar-refractivity contribution in [1.29, 1.82) is 5.26 Å². The predicted octanol–water partition coefficient (Wildman–Crippen LogP) is 4.39. The monoisotopic (exact) mass is 440 g/mol. The zero-order chi connectivity index (χ0) is 23.0. The summed E-state index contributed by atoms with van der Waals surface area (Å²) >= 11 is 0. The SMILES string of the molecule is N#Cc1ccc(NC(=O)CCc2cccc(NC(=O)Oc3ccc4c(c3)CNCC4)c2)cc1. The van der Waals surface area contributed by atoms with Gasteiger partial charge >= 0.3 is 6.09 Å². The van der Waals surface area contributed by atoms with E-state index in [-0.39, 0.29) is 12.3 Å². The van der Waals surface area contributed by atoms with Crippen LogP contribution >= 0.6 is 0 Å². The van der Waals surface area contributed by atoms with Crippen LogP contribution in [0.1, 0.15) is 28.7 Å². The molecule has 4 rings (SSSR count). The van der Waals surface area contributed by atoms with Crippen molar-refractivity contribution >= 4 is 23.4 Å². The number of nitriles is 1. The molecule has 0 saturated heterocycles. The highest BCUT2D eigenvalue weighted by Crippen LogP contribution is 2.21. The fourth-order valence-corrected chi connectivity index (χ4v) is 3.68. The molecule has 0 atom stereocenters. The molecule has 0 saturated carbocycles. The summed E-state index contributed by atoms with van der Waals surface area (Å²) in [5.74, 6) is 0.380. The van der Waals surface area contributed by atoms with E-state index < -0.39 is 6.09 Å². The second-order valence-electron chi connectivity index (χ2n) is 7.81. The molecular weight excluding hydrogens is 416 g/mol. The van der Waals surface area contributed by atoms with Crippen LogP contribution in [0.5, 0.6) is 5.75 Å². The third kappa shape index (κ3) is 6.19. The molecule has 33 heavy (non-hydrogen) atoms. The Morgan fingerprint density at radius 2 is 1.82 bits per heavy atom. The Bertz CT molecular complexity index is 1200. The Morgan fingerprint density at radius 3 is 2.64 bits per heavy atom. The molecule has 0 aliphatic carbocycles. The minimum atomic E-state index is -0.561. The van der Waals surface area contributed by atoms with Crippen LogP contribution in [-0.4, -0.2) is 18.5 Å². The van der Waals surface area contributed by atoms with Gasteiger partial charge in [-0.05, 0) is 84.6 Å². The normalized spacial score (nSPS) is 12.2. The molecule has 0 spiro atoms. The van der Waals surface area contributed by atoms with Crippen LogP contribution in [0, 0.1) is 11.3 Å². The summed E-state index contributed by atoms with van der Waals surface area (Å²) < 4.78 is 5.44. The zero-order valence-corrected chi connectivity index (χ0v) is 18.1. The third-order valence-electron chi connectivity index (χ3n) is 5.39. The molecule has 0 bridgehead atoms. The van der Waals surface area contributed by atoms with E-state index in [1.54, 1.807) is 30.3 Å². The van der Waals surface area contributed by atoms with Gasteiger partial charge in [-0.3, -0.25) is 10.1 Å². The molecule has 166 valence electrons. The Labute approximate surface area is 192 Å². The first kappa shape index (κ1) is 22.1. The number of nitrogens with zero attached hydrogens (tertiary/aromatic N) is 1. The fraction of sp³-hybridized carbons (Fsp3) is 0.192. The number of nitrogens with one attached hydrogen (secondary N) is 3. The molecule has 0 aromatic heterocycles. The van der Waals surface area contributed by atoms with Crippen LogP contribution in [0.4, 0.5) is 16.2 Å². The van der Waals surface area contributed by atoms with Gasteiger partial charge < -0.3 is 15.4 Å². The maximum atomic E-state index is 12.3. The van der Waals surface area contributed by atoms with Gasteiger partial charge in [-0.2, -0.15) is 5.26 Å². The van der Waals surface area contributed by atoms with Crippen LogP contribution < -0.4 is 20.7 Å². The minimum Gasteiger partial charge on any atom is -0.410 e. The Hall–Kier alpha value is -4.15. The summed E-state index contributed by atoms with van der Waals surface area (Å²) in [5.41, 5.74) is 5.13. The van der Waals surface area contributed by atoms with E-state index in [9.17, 15) is 9.59 Å². The van der Waals surface area contributed by atoms with E-state index in [2.05, 4.69) is 16.0 Å². The summed E-state index contributed by atoms with van der Waals surface area (Å²) in [4.78, 5) is 24.6. The average molecular weight is 441 g/mol. The molecule has 0 fully saturated rings. The maximum absolute atomic E-state index is 12.3. The molecule has 3 aromatic carbocycles. The number of fused-ring (bicyclic) bond motifs is 1. The highest BCUT2D eigenvalue weighted by atomic mass is 16.6. The number of aryl methyl sites for hydroxylation is 1. The van der Waals surface area contributed by atoms with Gasteiger partial charge in [0, 0.05) is 24.3 Å². The van der Waals surface area contributed by atoms with Crippen LogP contribution in [-0.2, 0) is 24.2 Å². The quantitative estimate of drug-likeness (QED) is 0.528. The second-order valence-corrected chi connectivity index (χ2v) is 7.81. The molecule has 3 aromatic rings. The van der Waals surface area contributed by atoms with E-state index >= 15 is 0 Å². The molecule has 7 heteroatoms. The van der Waals surface area contributed by atoms with Gasteiger partial charge in [-0.25, -0.2) is 4.79 Å².